The van der Waals surface area contributed by atoms with Gasteiger partial charge in [-0.2, -0.15) is 8.42 Å². The molecule has 1 rings (SSSR count). The van der Waals surface area contributed by atoms with Crippen LogP contribution in [0.1, 0.15) is 12.5 Å². The van der Waals surface area contributed by atoms with E-state index >= 15 is 0 Å². The molecule has 14 heavy (non-hydrogen) atoms. The van der Waals surface area contributed by atoms with E-state index in [-0.39, 0.29) is 17.2 Å². The van der Waals surface area contributed by atoms with Crippen molar-refractivity contribution in [3.8, 4) is 0 Å². The SMILES string of the molecule is CCOS(=O)(=O)c1ccc(C)cc1N. The molecule has 78 valence electrons. The van der Waals surface area contributed by atoms with Gasteiger partial charge in [0.15, 0.2) is 0 Å². The van der Waals surface area contributed by atoms with E-state index in [1.165, 1.54) is 6.07 Å². The second-order valence-corrected chi connectivity index (χ2v) is 4.49. The number of rotatable bonds is 3. The molecule has 1 aromatic carbocycles. The van der Waals surface area contributed by atoms with Gasteiger partial charge in [-0.1, -0.05) is 6.07 Å². The van der Waals surface area contributed by atoms with E-state index in [0.717, 1.165) is 5.56 Å². The summed E-state index contributed by atoms with van der Waals surface area (Å²) in [5.41, 5.74) is 6.71. The molecule has 1 aromatic rings. The van der Waals surface area contributed by atoms with Crippen molar-refractivity contribution in [2.45, 2.75) is 18.7 Å². The Morgan fingerprint density at radius 1 is 1.43 bits per heavy atom. The molecule has 0 aromatic heterocycles. The first-order valence-electron chi connectivity index (χ1n) is 4.23. The number of hydrogen-bond acceptors (Lipinski definition) is 4. The Balaban J connectivity index is 3.20. The van der Waals surface area contributed by atoms with Gasteiger partial charge in [0, 0.05) is 0 Å². The molecule has 0 spiro atoms. The first kappa shape index (κ1) is 11.0. The van der Waals surface area contributed by atoms with E-state index in [9.17, 15) is 8.42 Å². The summed E-state index contributed by atoms with van der Waals surface area (Å²) in [5.74, 6) is 0. The van der Waals surface area contributed by atoms with Crippen molar-refractivity contribution in [3.63, 3.8) is 0 Å². The summed E-state index contributed by atoms with van der Waals surface area (Å²) in [5, 5.41) is 0. The van der Waals surface area contributed by atoms with Crippen LogP contribution >= 0.6 is 0 Å². The second kappa shape index (κ2) is 3.98. The topological polar surface area (TPSA) is 69.4 Å². The van der Waals surface area contributed by atoms with Crippen molar-refractivity contribution in [2.75, 3.05) is 12.3 Å². The normalized spacial score (nSPS) is 11.6. The van der Waals surface area contributed by atoms with Gasteiger partial charge in [0.2, 0.25) is 0 Å². The van der Waals surface area contributed by atoms with Crippen molar-refractivity contribution in [3.05, 3.63) is 23.8 Å². The first-order chi connectivity index (χ1) is 6.47. The molecular weight excluding hydrogens is 202 g/mol. The quantitative estimate of drug-likeness (QED) is 0.609. The van der Waals surface area contributed by atoms with E-state index in [1.807, 2.05) is 6.92 Å². The largest absolute Gasteiger partial charge is 0.398 e. The van der Waals surface area contributed by atoms with Gasteiger partial charge in [0.05, 0.1) is 12.3 Å². The molecule has 0 saturated heterocycles. The number of aryl methyl sites for hydroxylation is 1. The molecule has 4 nitrogen and oxygen atoms in total. The molecule has 0 aliphatic rings. The molecule has 0 heterocycles. The molecular formula is C9H13NO3S. The molecule has 0 unspecified atom stereocenters. The van der Waals surface area contributed by atoms with Gasteiger partial charge in [-0.15, -0.1) is 0 Å². The van der Waals surface area contributed by atoms with Crippen molar-refractivity contribution in [1.29, 1.82) is 0 Å². The van der Waals surface area contributed by atoms with Gasteiger partial charge < -0.3 is 5.73 Å². The van der Waals surface area contributed by atoms with Gasteiger partial charge in [-0.25, -0.2) is 0 Å². The first-order valence-corrected chi connectivity index (χ1v) is 5.63. The van der Waals surface area contributed by atoms with Crippen LogP contribution in [0.25, 0.3) is 0 Å². The van der Waals surface area contributed by atoms with Crippen LogP contribution in [0.4, 0.5) is 5.69 Å². The Morgan fingerprint density at radius 3 is 2.57 bits per heavy atom. The maximum absolute atomic E-state index is 11.5. The third kappa shape index (κ3) is 2.24. The maximum Gasteiger partial charge on any atom is 0.299 e. The molecule has 2 N–H and O–H groups in total. The fourth-order valence-corrected chi connectivity index (χ4v) is 2.13. The van der Waals surface area contributed by atoms with Gasteiger partial charge in [0.1, 0.15) is 4.90 Å². The van der Waals surface area contributed by atoms with Crippen LogP contribution in [-0.2, 0) is 14.3 Å². The molecule has 0 amide bonds. The number of anilines is 1. The highest BCUT2D eigenvalue weighted by Crippen LogP contribution is 2.21. The Bertz CT molecular complexity index is 426. The summed E-state index contributed by atoms with van der Waals surface area (Å²) < 4.78 is 27.6. The minimum absolute atomic E-state index is 0.0324. The van der Waals surface area contributed by atoms with Gasteiger partial charge in [-0.3, -0.25) is 4.18 Å². The summed E-state index contributed by atoms with van der Waals surface area (Å²) >= 11 is 0. The maximum atomic E-state index is 11.5. The smallest absolute Gasteiger partial charge is 0.299 e. The minimum Gasteiger partial charge on any atom is -0.398 e. The lowest BCUT2D eigenvalue weighted by atomic mass is 10.2. The lowest BCUT2D eigenvalue weighted by molar-refractivity contribution is 0.338. The lowest BCUT2D eigenvalue weighted by Crippen LogP contribution is -2.08. The summed E-state index contributed by atoms with van der Waals surface area (Å²) in [6.07, 6.45) is 0. The van der Waals surface area contributed by atoms with Gasteiger partial charge >= 0.3 is 0 Å². The summed E-state index contributed by atoms with van der Waals surface area (Å²) in [7, 11) is -3.68. The summed E-state index contributed by atoms with van der Waals surface area (Å²) in [6, 6.07) is 4.74. The summed E-state index contributed by atoms with van der Waals surface area (Å²) in [6.45, 7) is 3.56. The standard InChI is InChI=1S/C9H13NO3S/c1-3-13-14(11,12)9-5-4-7(2)6-8(9)10/h4-6H,3,10H2,1-2H3. The van der Waals surface area contributed by atoms with Crippen molar-refractivity contribution in [2.24, 2.45) is 0 Å². The third-order valence-corrected chi connectivity index (χ3v) is 3.16. The van der Waals surface area contributed by atoms with Crippen LogP contribution in [0.15, 0.2) is 23.1 Å². The highest BCUT2D eigenvalue weighted by molar-refractivity contribution is 7.87. The molecule has 5 heteroatoms. The van der Waals surface area contributed by atoms with Crippen LogP contribution in [0.5, 0.6) is 0 Å². The zero-order valence-electron chi connectivity index (χ0n) is 8.15. The molecule has 0 radical (unpaired) electrons. The average Bonchev–Trinajstić information content (AvgIpc) is 2.02. The van der Waals surface area contributed by atoms with E-state index < -0.39 is 10.1 Å². The van der Waals surface area contributed by atoms with Crippen LogP contribution in [-0.4, -0.2) is 15.0 Å². The second-order valence-electron chi connectivity index (χ2n) is 2.90. The summed E-state index contributed by atoms with van der Waals surface area (Å²) in [4.78, 5) is 0.0324. The van der Waals surface area contributed by atoms with E-state index in [1.54, 1.807) is 19.1 Å². The molecule has 0 bridgehead atoms. The predicted molar refractivity (Wildman–Crippen MR) is 54.4 cm³/mol. The van der Waals surface area contributed by atoms with E-state index in [4.69, 9.17) is 5.73 Å². The number of nitrogen functional groups attached to an aromatic ring is 1. The molecule has 0 saturated carbocycles. The van der Waals surface area contributed by atoms with Crippen LogP contribution in [0.2, 0.25) is 0 Å². The predicted octanol–water partition coefficient (Wildman–Crippen LogP) is 1.30. The highest BCUT2D eigenvalue weighted by Gasteiger charge is 2.17. The average molecular weight is 215 g/mol. The molecule has 0 aliphatic heterocycles. The lowest BCUT2D eigenvalue weighted by Gasteiger charge is -2.06. The zero-order valence-corrected chi connectivity index (χ0v) is 8.97. The zero-order chi connectivity index (χ0) is 10.8. The Labute approximate surface area is 83.8 Å². The van der Waals surface area contributed by atoms with Crippen molar-refractivity contribution < 1.29 is 12.6 Å². The van der Waals surface area contributed by atoms with Crippen molar-refractivity contribution >= 4 is 15.8 Å². The number of nitrogens with two attached hydrogens (primary N) is 1. The molecule has 0 atom stereocenters. The number of hydrogen-bond donors (Lipinski definition) is 1. The Morgan fingerprint density at radius 2 is 2.07 bits per heavy atom. The van der Waals surface area contributed by atoms with Crippen LogP contribution in [0, 0.1) is 6.92 Å². The molecule has 0 fully saturated rings. The fourth-order valence-electron chi connectivity index (χ4n) is 1.11. The minimum atomic E-state index is -3.68. The van der Waals surface area contributed by atoms with Gasteiger partial charge in [-0.05, 0) is 31.5 Å². The van der Waals surface area contributed by atoms with Crippen LogP contribution in [0.3, 0.4) is 0 Å². The third-order valence-electron chi connectivity index (χ3n) is 1.71. The van der Waals surface area contributed by atoms with Crippen molar-refractivity contribution in [1.82, 2.24) is 0 Å². The fraction of sp³-hybridized carbons (Fsp3) is 0.333. The Kier molecular flexibility index (Phi) is 3.13. The Hall–Kier alpha value is -1.07. The van der Waals surface area contributed by atoms with E-state index in [2.05, 4.69) is 4.18 Å². The monoisotopic (exact) mass is 215 g/mol. The molecule has 0 aliphatic carbocycles. The van der Waals surface area contributed by atoms with E-state index in [0.29, 0.717) is 0 Å². The number of benzene rings is 1. The van der Waals surface area contributed by atoms with Crippen LogP contribution < -0.4 is 5.73 Å². The van der Waals surface area contributed by atoms with Gasteiger partial charge in [0.25, 0.3) is 10.1 Å². The highest BCUT2D eigenvalue weighted by atomic mass is 32.2.